The van der Waals surface area contributed by atoms with Crippen LogP contribution in [0.5, 0.6) is 0 Å². The van der Waals surface area contributed by atoms with Crippen LogP contribution in [0.2, 0.25) is 0 Å². The second-order valence-corrected chi connectivity index (χ2v) is 10.4. The van der Waals surface area contributed by atoms with Crippen molar-refractivity contribution in [1.82, 2.24) is 9.80 Å². The fourth-order valence-corrected chi connectivity index (χ4v) is 4.57. The molecule has 31 heavy (non-hydrogen) atoms. The van der Waals surface area contributed by atoms with Gasteiger partial charge in [0, 0.05) is 32.5 Å². The summed E-state index contributed by atoms with van der Waals surface area (Å²) < 4.78 is 11.6. The van der Waals surface area contributed by atoms with Crippen LogP contribution in [0.4, 0.5) is 9.59 Å². The minimum Gasteiger partial charge on any atom is -0.444 e. The minimum atomic E-state index is -0.989. The van der Waals surface area contributed by atoms with Crippen LogP contribution >= 0.6 is 0 Å². The van der Waals surface area contributed by atoms with Crippen LogP contribution in [-0.2, 0) is 15.1 Å². The number of ether oxygens (including phenoxy) is 2. The van der Waals surface area contributed by atoms with Gasteiger partial charge >= 0.3 is 12.2 Å². The van der Waals surface area contributed by atoms with Crippen molar-refractivity contribution in [3.05, 3.63) is 35.9 Å². The van der Waals surface area contributed by atoms with Crippen molar-refractivity contribution in [2.45, 2.75) is 83.1 Å². The van der Waals surface area contributed by atoms with E-state index in [2.05, 4.69) is 0 Å². The van der Waals surface area contributed by atoms with E-state index in [-0.39, 0.29) is 12.1 Å². The van der Waals surface area contributed by atoms with E-state index in [1.807, 2.05) is 51.1 Å². The molecule has 0 bridgehead atoms. The van der Waals surface area contributed by atoms with E-state index in [1.54, 1.807) is 23.6 Å². The van der Waals surface area contributed by atoms with Gasteiger partial charge in [0.25, 0.3) is 0 Å². The van der Waals surface area contributed by atoms with Crippen molar-refractivity contribution in [1.29, 1.82) is 0 Å². The number of rotatable bonds is 4. The molecule has 1 N–H and O–H groups in total. The predicted octanol–water partition coefficient (Wildman–Crippen LogP) is 4.28. The number of cyclic esters (lactones) is 1. The van der Waals surface area contributed by atoms with Crippen LogP contribution in [-0.4, -0.2) is 64.0 Å². The average Bonchev–Trinajstić information content (AvgIpc) is 2.66. The Morgan fingerprint density at radius 2 is 1.87 bits per heavy atom. The molecule has 0 aromatic heterocycles. The SMILES string of the molecule is CC(C)(O)C[C@]1(c2ccccc2)CCN(C2CCCN(C(=O)OC(C)(C)C)C2)C(=O)O1. The molecule has 2 fully saturated rings. The molecule has 2 aliphatic rings. The quantitative estimate of drug-likeness (QED) is 0.768. The Labute approximate surface area is 185 Å². The predicted molar refractivity (Wildman–Crippen MR) is 118 cm³/mol. The second-order valence-electron chi connectivity index (χ2n) is 10.4. The normalized spacial score (nSPS) is 25.2. The molecule has 2 aliphatic heterocycles. The van der Waals surface area contributed by atoms with Crippen LogP contribution in [0.1, 0.15) is 65.9 Å². The Morgan fingerprint density at radius 3 is 2.45 bits per heavy atom. The van der Waals surface area contributed by atoms with Crippen molar-refractivity contribution in [2.24, 2.45) is 0 Å². The van der Waals surface area contributed by atoms with Gasteiger partial charge in [-0.25, -0.2) is 9.59 Å². The summed E-state index contributed by atoms with van der Waals surface area (Å²) in [7, 11) is 0. The number of carbonyl (C=O) groups is 2. The summed E-state index contributed by atoms with van der Waals surface area (Å²) in [5, 5.41) is 10.5. The van der Waals surface area contributed by atoms with Gasteiger partial charge in [-0.2, -0.15) is 0 Å². The molecule has 3 rings (SSSR count). The molecular weight excluding hydrogens is 396 g/mol. The third kappa shape index (κ3) is 5.91. The lowest BCUT2D eigenvalue weighted by molar-refractivity contribution is -0.105. The number of piperidine rings is 1. The number of hydrogen-bond donors (Lipinski definition) is 1. The molecule has 7 heteroatoms. The lowest BCUT2D eigenvalue weighted by Crippen LogP contribution is -2.57. The molecule has 7 nitrogen and oxygen atoms in total. The molecule has 1 aromatic carbocycles. The van der Waals surface area contributed by atoms with Crippen LogP contribution in [0.25, 0.3) is 0 Å². The monoisotopic (exact) mass is 432 g/mol. The molecule has 2 saturated heterocycles. The van der Waals surface area contributed by atoms with Gasteiger partial charge in [-0.1, -0.05) is 30.3 Å². The van der Waals surface area contributed by atoms with E-state index in [0.29, 0.717) is 32.5 Å². The second kappa shape index (κ2) is 8.69. The van der Waals surface area contributed by atoms with E-state index < -0.39 is 22.9 Å². The molecule has 2 atom stereocenters. The van der Waals surface area contributed by atoms with E-state index >= 15 is 0 Å². The zero-order valence-electron chi connectivity index (χ0n) is 19.4. The van der Waals surface area contributed by atoms with Gasteiger partial charge in [0.2, 0.25) is 0 Å². The first-order valence-electron chi connectivity index (χ1n) is 11.1. The Kier molecular flexibility index (Phi) is 6.56. The van der Waals surface area contributed by atoms with Crippen molar-refractivity contribution >= 4 is 12.2 Å². The number of benzene rings is 1. The Balaban J connectivity index is 1.73. The number of carbonyl (C=O) groups excluding carboxylic acids is 2. The summed E-state index contributed by atoms with van der Waals surface area (Å²) in [4.78, 5) is 29.1. The highest BCUT2D eigenvalue weighted by molar-refractivity contribution is 5.71. The molecule has 0 aliphatic carbocycles. The molecule has 2 amide bonds. The fourth-order valence-electron chi connectivity index (χ4n) is 4.57. The summed E-state index contributed by atoms with van der Waals surface area (Å²) in [5.41, 5.74) is -1.52. The maximum absolute atomic E-state index is 13.2. The third-order valence-electron chi connectivity index (χ3n) is 5.78. The van der Waals surface area contributed by atoms with Gasteiger partial charge < -0.3 is 24.4 Å². The van der Waals surface area contributed by atoms with Crippen molar-refractivity contribution in [2.75, 3.05) is 19.6 Å². The summed E-state index contributed by atoms with van der Waals surface area (Å²) in [6, 6.07) is 9.54. The highest BCUT2D eigenvalue weighted by Crippen LogP contribution is 2.41. The van der Waals surface area contributed by atoms with E-state index in [9.17, 15) is 14.7 Å². The Morgan fingerprint density at radius 1 is 1.19 bits per heavy atom. The zero-order valence-corrected chi connectivity index (χ0v) is 19.4. The van der Waals surface area contributed by atoms with Crippen molar-refractivity contribution in [3.63, 3.8) is 0 Å². The van der Waals surface area contributed by atoms with Crippen LogP contribution in [0.15, 0.2) is 30.3 Å². The average molecular weight is 433 g/mol. The minimum absolute atomic E-state index is 0.107. The van der Waals surface area contributed by atoms with Crippen LogP contribution in [0.3, 0.4) is 0 Å². The fraction of sp³-hybridized carbons (Fsp3) is 0.667. The molecular formula is C24H36N2O5. The number of amides is 2. The van der Waals surface area contributed by atoms with Gasteiger partial charge in [-0.05, 0) is 53.0 Å². The van der Waals surface area contributed by atoms with Crippen molar-refractivity contribution in [3.8, 4) is 0 Å². The third-order valence-corrected chi connectivity index (χ3v) is 5.78. The Bertz CT molecular complexity index is 783. The maximum atomic E-state index is 13.2. The first-order chi connectivity index (χ1) is 14.4. The first kappa shape index (κ1) is 23.4. The van der Waals surface area contributed by atoms with Gasteiger partial charge in [-0.15, -0.1) is 0 Å². The molecule has 172 valence electrons. The van der Waals surface area contributed by atoms with E-state index in [1.165, 1.54) is 0 Å². The van der Waals surface area contributed by atoms with Crippen LogP contribution in [0, 0.1) is 0 Å². The summed E-state index contributed by atoms with van der Waals surface area (Å²) in [6.07, 6.45) is 1.78. The van der Waals surface area contributed by atoms with Gasteiger partial charge in [-0.3, -0.25) is 0 Å². The smallest absolute Gasteiger partial charge is 0.410 e. The molecule has 0 radical (unpaired) electrons. The Hall–Kier alpha value is -2.28. The molecule has 0 spiro atoms. The largest absolute Gasteiger partial charge is 0.444 e. The zero-order chi connectivity index (χ0) is 22.9. The van der Waals surface area contributed by atoms with E-state index in [0.717, 1.165) is 18.4 Å². The number of aliphatic hydroxyl groups is 1. The number of nitrogens with zero attached hydrogens (tertiary/aromatic N) is 2. The first-order valence-corrected chi connectivity index (χ1v) is 11.1. The summed E-state index contributed by atoms with van der Waals surface area (Å²) >= 11 is 0. The highest BCUT2D eigenvalue weighted by atomic mass is 16.6. The number of likely N-dealkylation sites (tertiary alicyclic amines) is 1. The van der Waals surface area contributed by atoms with E-state index in [4.69, 9.17) is 9.47 Å². The lowest BCUT2D eigenvalue weighted by Gasteiger charge is -2.47. The van der Waals surface area contributed by atoms with Gasteiger partial charge in [0.1, 0.15) is 11.2 Å². The maximum Gasteiger partial charge on any atom is 0.410 e. The molecule has 1 aromatic rings. The molecule has 2 heterocycles. The topological polar surface area (TPSA) is 79.3 Å². The lowest BCUT2D eigenvalue weighted by atomic mass is 9.80. The van der Waals surface area contributed by atoms with Crippen molar-refractivity contribution < 1.29 is 24.2 Å². The van der Waals surface area contributed by atoms with Crippen LogP contribution < -0.4 is 0 Å². The standard InChI is InChI=1S/C24H36N2O5/c1-22(2,3)30-20(27)25-14-9-12-19(16-25)26-15-13-24(31-21(26)28,17-23(4,5)29)18-10-7-6-8-11-18/h6-8,10-11,19,29H,9,12-17H2,1-5H3/t19?,24-/m0/s1. The summed E-state index contributed by atoms with van der Waals surface area (Å²) in [6.45, 7) is 10.6. The number of hydrogen-bond acceptors (Lipinski definition) is 5. The van der Waals surface area contributed by atoms with Gasteiger partial charge in [0.05, 0.1) is 11.6 Å². The summed E-state index contributed by atoms with van der Waals surface area (Å²) in [5.74, 6) is 0. The molecule has 0 saturated carbocycles. The highest BCUT2D eigenvalue weighted by Gasteiger charge is 2.47. The molecule has 1 unspecified atom stereocenters. The van der Waals surface area contributed by atoms with Gasteiger partial charge in [0.15, 0.2) is 0 Å².